The number of likely N-dealkylation sites (tertiary alicyclic amines) is 1. The van der Waals surface area contributed by atoms with E-state index in [4.69, 9.17) is 0 Å². The lowest BCUT2D eigenvalue weighted by atomic mass is 10.1. The van der Waals surface area contributed by atoms with Crippen molar-refractivity contribution in [2.45, 2.75) is 31.6 Å². The molecule has 0 saturated carbocycles. The number of amides is 2. The average Bonchev–Trinajstić information content (AvgIpc) is 3.15. The van der Waals surface area contributed by atoms with Gasteiger partial charge in [0.15, 0.2) is 0 Å². The van der Waals surface area contributed by atoms with Gasteiger partial charge in [-0.1, -0.05) is 18.2 Å². The van der Waals surface area contributed by atoms with Crippen LogP contribution in [0.4, 0.5) is 18.0 Å². The average molecular weight is 381 g/mol. The van der Waals surface area contributed by atoms with Gasteiger partial charge in [0.05, 0.1) is 12.2 Å². The van der Waals surface area contributed by atoms with Crippen molar-refractivity contribution < 1.29 is 18.0 Å². The van der Waals surface area contributed by atoms with Crippen molar-refractivity contribution in [3.8, 4) is 5.69 Å². The molecule has 27 heavy (non-hydrogen) atoms. The summed E-state index contributed by atoms with van der Waals surface area (Å²) in [6.45, 7) is 0.0874. The summed E-state index contributed by atoms with van der Waals surface area (Å²) in [5.41, 5.74) is 1.79. The molecule has 1 aliphatic rings. The number of nitrogens with zero attached hydrogens (tertiary/aromatic N) is 3. The number of hydrogen-bond donors (Lipinski definition) is 2. The molecule has 0 spiro atoms. The van der Waals surface area contributed by atoms with Gasteiger partial charge in [0.1, 0.15) is 0 Å². The Bertz CT molecular complexity index is 740. The fourth-order valence-electron chi connectivity index (χ4n) is 3.20. The van der Waals surface area contributed by atoms with Crippen molar-refractivity contribution >= 4 is 6.03 Å². The van der Waals surface area contributed by atoms with Crippen molar-refractivity contribution in [2.24, 2.45) is 0 Å². The Kier molecular flexibility index (Phi) is 6.00. The van der Waals surface area contributed by atoms with Gasteiger partial charge in [-0.25, -0.2) is 9.48 Å². The van der Waals surface area contributed by atoms with Gasteiger partial charge in [0.2, 0.25) is 0 Å². The zero-order valence-electron chi connectivity index (χ0n) is 14.7. The minimum atomic E-state index is -4.18. The highest BCUT2D eigenvalue weighted by molar-refractivity contribution is 5.74. The van der Waals surface area contributed by atoms with E-state index < -0.39 is 12.7 Å². The van der Waals surface area contributed by atoms with Crippen LogP contribution in [0.3, 0.4) is 0 Å². The molecular weight excluding hydrogens is 359 g/mol. The molecule has 1 aromatic heterocycles. The molecular formula is C18H22F3N5O. The first-order valence-electron chi connectivity index (χ1n) is 8.82. The minimum absolute atomic E-state index is 0.115. The highest BCUT2D eigenvalue weighted by atomic mass is 19.4. The van der Waals surface area contributed by atoms with Gasteiger partial charge in [0, 0.05) is 38.1 Å². The summed E-state index contributed by atoms with van der Waals surface area (Å²) in [6, 6.07) is 9.00. The highest BCUT2D eigenvalue weighted by Crippen LogP contribution is 2.19. The summed E-state index contributed by atoms with van der Waals surface area (Å²) in [4.78, 5) is 13.5. The maximum atomic E-state index is 12.4. The smallest absolute Gasteiger partial charge is 0.335 e. The normalized spacial score (nSPS) is 16.3. The molecule has 0 bridgehead atoms. The van der Waals surface area contributed by atoms with Crippen molar-refractivity contribution in [1.82, 2.24) is 25.3 Å². The molecule has 6 nitrogen and oxygen atoms in total. The van der Waals surface area contributed by atoms with Gasteiger partial charge in [-0.05, 0) is 30.5 Å². The van der Waals surface area contributed by atoms with Crippen LogP contribution in [0.1, 0.15) is 18.4 Å². The molecule has 0 atom stereocenters. The fraction of sp³-hybridized carbons (Fsp3) is 0.444. The van der Waals surface area contributed by atoms with Crippen molar-refractivity contribution in [2.75, 3.05) is 19.6 Å². The third-order valence-electron chi connectivity index (χ3n) is 4.51. The number of rotatable bonds is 5. The molecule has 1 fully saturated rings. The SMILES string of the molecule is O=C(NCc1ccccc1-n1cccn1)NC1CCN(CC(F)(F)F)CC1. The molecule has 9 heteroatoms. The number of benzene rings is 1. The summed E-state index contributed by atoms with van der Waals surface area (Å²) in [5.74, 6) is 0. The van der Waals surface area contributed by atoms with E-state index in [1.807, 2.05) is 36.5 Å². The van der Waals surface area contributed by atoms with Crippen molar-refractivity contribution in [3.63, 3.8) is 0 Å². The summed E-state index contributed by atoms with van der Waals surface area (Å²) in [6.07, 6.45) is 0.343. The molecule has 0 aliphatic carbocycles. The number of alkyl halides is 3. The van der Waals surface area contributed by atoms with E-state index in [2.05, 4.69) is 15.7 Å². The zero-order valence-corrected chi connectivity index (χ0v) is 14.7. The molecule has 2 N–H and O–H groups in total. The number of carbonyl (C=O) groups excluding carboxylic acids is 1. The predicted molar refractivity (Wildman–Crippen MR) is 94.5 cm³/mol. The third-order valence-corrected chi connectivity index (χ3v) is 4.51. The number of halogens is 3. The summed E-state index contributed by atoms with van der Waals surface area (Å²) >= 11 is 0. The van der Waals surface area contributed by atoms with Gasteiger partial charge < -0.3 is 10.6 Å². The van der Waals surface area contributed by atoms with E-state index in [1.54, 1.807) is 10.9 Å². The Labute approximate surface area is 155 Å². The molecule has 2 amide bonds. The molecule has 1 saturated heterocycles. The van der Waals surface area contributed by atoms with E-state index >= 15 is 0 Å². The highest BCUT2D eigenvalue weighted by Gasteiger charge is 2.32. The molecule has 146 valence electrons. The molecule has 2 heterocycles. The first kappa shape index (κ1) is 19.2. The summed E-state index contributed by atoms with van der Waals surface area (Å²) in [5, 5.41) is 9.86. The monoisotopic (exact) mass is 381 g/mol. The number of para-hydroxylation sites is 1. The Morgan fingerprint density at radius 2 is 1.93 bits per heavy atom. The van der Waals surface area contributed by atoms with E-state index in [-0.39, 0.29) is 12.1 Å². The molecule has 3 rings (SSSR count). The van der Waals surface area contributed by atoms with Crippen LogP contribution in [0.5, 0.6) is 0 Å². The van der Waals surface area contributed by atoms with Crippen LogP contribution in [0.2, 0.25) is 0 Å². The van der Waals surface area contributed by atoms with Crippen LogP contribution in [0.15, 0.2) is 42.7 Å². The Morgan fingerprint density at radius 1 is 1.19 bits per heavy atom. The number of hydrogen-bond acceptors (Lipinski definition) is 3. The van der Waals surface area contributed by atoms with E-state index in [0.29, 0.717) is 32.5 Å². The lowest BCUT2D eigenvalue weighted by Gasteiger charge is -2.32. The Balaban J connectivity index is 1.46. The number of urea groups is 1. The van der Waals surface area contributed by atoms with Crippen LogP contribution in [0.25, 0.3) is 5.69 Å². The second-order valence-electron chi connectivity index (χ2n) is 6.57. The number of piperidine rings is 1. The Morgan fingerprint density at radius 3 is 2.59 bits per heavy atom. The topological polar surface area (TPSA) is 62.2 Å². The number of nitrogens with one attached hydrogen (secondary N) is 2. The molecule has 0 radical (unpaired) electrons. The molecule has 1 aliphatic heterocycles. The van der Waals surface area contributed by atoms with Crippen LogP contribution in [0, 0.1) is 0 Å². The lowest BCUT2D eigenvalue weighted by Crippen LogP contribution is -2.49. The standard InChI is InChI=1S/C18H22F3N5O/c19-18(20,21)13-25-10-6-15(7-11-25)24-17(27)22-12-14-4-1-2-5-16(14)26-9-3-8-23-26/h1-5,8-9,15H,6-7,10-13H2,(H2,22,24,27). The van der Waals surface area contributed by atoms with Crippen LogP contribution in [-0.4, -0.2) is 52.6 Å². The first-order valence-corrected chi connectivity index (χ1v) is 8.82. The van der Waals surface area contributed by atoms with Crippen LogP contribution >= 0.6 is 0 Å². The van der Waals surface area contributed by atoms with E-state index in [1.165, 1.54) is 4.90 Å². The lowest BCUT2D eigenvalue weighted by molar-refractivity contribution is -0.148. The molecule has 0 unspecified atom stereocenters. The van der Waals surface area contributed by atoms with Crippen molar-refractivity contribution in [3.05, 3.63) is 48.3 Å². The largest absolute Gasteiger partial charge is 0.401 e. The van der Waals surface area contributed by atoms with Gasteiger partial charge in [-0.15, -0.1) is 0 Å². The third kappa shape index (κ3) is 5.72. The fourth-order valence-corrected chi connectivity index (χ4v) is 3.20. The van der Waals surface area contributed by atoms with Gasteiger partial charge in [0.25, 0.3) is 0 Å². The maximum Gasteiger partial charge on any atom is 0.401 e. The van der Waals surface area contributed by atoms with Crippen molar-refractivity contribution in [1.29, 1.82) is 0 Å². The second kappa shape index (κ2) is 8.43. The van der Waals surface area contributed by atoms with E-state index in [9.17, 15) is 18.0 Å². The van der Waals surface area contributed by atoms with Crippen LogP contribution < -0.4 is 10.6 Å². The van der Waals surface area contributed by atoms with Crippen LogP contribution in [-0.2, 0) is 6.54 Å². The quantitative estimate of drug-likeness (QED) is 0.837. The minimum Gasteiger partial charge on any atom is -0.335 e. The number of aromatic nitrogens is 2. The predicted octanol–water partition coefficient (Wildman–Crippen LogP) is 2.70. The molecule has 1 aromatic carbocycles. The maximum absolute atomic E-state index is 12.4. The van der Waals surface area contributed by atoms with Gasteiger partial charge in [-0.3, -0.25) is 4.90 Å². The first-order chi connectivity index (χ1) is 12.9. The number of carbonyl (C=O) groups is 1. The zero-order chi connectivity index (χ0) is 19.3. The Hall–Kier alpha value is -2.55. The summed E-state index contributed by atoms with van der Waals surface area (Å²) in [7, 11) is 0. The van der Waals surface area contributed by atoms with E-state index in [0.717, 1.165) is 11.3 Å². The van der Waals surface area contributed by atoms with Gasteiger partial charge >= 0.3 is 12.2 Å². The molecule has 2 aromatic rings. The summed E-state index contributed by atoms with van der Waals surface area (Å²) < 4.78 is 39.0. The second-order valence-corrected chi connectivity index (χ2v) is 6.57. The van der Waals surface area contributed by atoms with Gasteiger partial charge in [-0.2, -0.15) is 18.3 Å².